The summed E-state index contributed by atoms with van der Waals surface area (Å²) >= 11 is 0. The Hall–Kier alpha value is -3.00. The summed E-state index contributed by atoms with van der Waals surface area (Å²) in [6.07, 6.45) is 13.0. The van der Waals surface area contributed by atoms with E-state index in [1.807, 2.05) is 0 Å². The normalized spacial score (nSPS) is 13.1. The fourth-order valence-corrected chi connectivity index (χ4v) is 5.58. The van der Waals surface area contributed by atoms with Gasteiger partial charge in [-0.05, 0) is 71.2 Å². The number of aromatic amines is 2. The molecule has 2 heteroatoms. The Bertz CT molecular complexity index is 1110. The van der Waals surface area contributed by atoms with Gasteiger partial charge in [0.2, 0.25) is 0 Å². The maximum atomic E-state index is 3.63. The highest BCUT2D eigenvalue weighted by Crippen LogP contribution is 2.28. The predicted molar refractivity (Wildman–Crippen MR) is 165 cm³/mol. The molecule has 0 aliphatic heterocycles. The van der Waals surface area contributed by atoms with Gasteiger partial charge >= 0.3 is 0 Å². The first kappa shape index (κ1) is 28.0. The third kappa shape index (κ3) is 8.00. The van der Waals surface area contributed by atoms with E-state index in [9.17, 15) is 0 Å². The number of aromatic nitrogens is 2. The zero-order valence-electron chi connectivity index (χ0n) is 24.2. The number of H-pyrrole nitrogens is 2. The van der Waals surface area contributed by atoms with E-state index >= 15 is 0 Å². The zero-order valence-corrected chi connectivity index (χ0v) is 24.2. The summed E-state index contributed by atoms with van der Waals surface area (Å²) in [7, 11) is 0. The van der Waals surface area contributed by atoms with Crippen molar-refractivity contribution in [3.05, 3.63) is 83.9 Å². The van der Waals surface area contributed by atoms with Gasteiger partial charge in [0.05, 0.1) is 11.4 Å². The van der Waals surface area contributed by atoms with Crippen molar-refractivity contribution in [2.45, 2.75) is 91.9 Å². The Morgan fingerprint density at radius 1 is 0.474 bits per heavy atom. The van der Waals surface area contributed by atoms with Crippen molar-refractivity contribution in [2.75, 3.05) is 0 Å². The number of benzene rings is 2. The van der Waals surface area contributed by atoms with Crippen LogP contribution < -0.4 is 0 Å². The molecule has 4 aromatic rings. The molecule has 2 heterocycles. The molecule has 0 aliphatic rings. The average molecular weight is 509 g/mol. The summed E-state index contributed by atoms with van der Waals surface area (Å²) in [5, 5.41) is 0. The molecular formula is C36H48N2. The Morgan fingerprint density at radius 2 is 0.842 bits per heavy atom. The van der Waals surface area contributed by atoms with Gasteiger partial charge in [-0.2, -0.15) is 0 Å². The molecule has 0 spiro atoms. The molecule has 0 aliphatic carbocycles. The third-order valence-electron chi connectivity index (χ3n) is 7.96. The molecular weight excluding hydrogens is 460 g/mol. The second kappa shape index (κ2) is 14.2. The Balaban J connectivity index is 1.35. The molecule has 202 valence electrons. The van der Waals surface area contributed by atoms with Crippen LogP contribution in [0, 0.1) is 11.8 Å². The van der Waals surface area contributed by atoms with Crippen LogP contribution >= 0.6 is 0 Å². The van der Waals surface area contributed by atoms with Gasteiger partial charge in [-0.25, -0.2) is 0 Å². The van der Waals surface area contributed by atoms with E-state index in [2.05, 4.69) is 110 Å². The van der Waals surface area contributed by atoms with E-state index in [0.29, 0.717) is 0 Å². The Kier molecular flexibility index (Phi) is 10.5. The van der Waals surface area contributed by atoms with Gasteiger partial charge in [-0.3, -0.25) is 0 Å². The lowest BCUT2D eigenvalue weighted by molar-refractivity contribution is 0.493. The van der Waals surface area contributed by atoms with Crippen LogP contribution in [0.25, 0.3) is 33.9 Å². The lowest BCUT2D eigenvalue weighted by atomic mass is 9.95. The maximum Gasteiger partial charge on any atom is 0.0624 e. The van der Waals surface area contributed by atoms with Gasteiger partial charge in [0, 0.05) is 11.4 Å². The maximum absolute atomic E-state index is 3.63. The topological polar surface area (TPSA) is 31.6 Å². The van der Waals surface area contributed by atoms with E-state index in [1.165, 1.54) is 86.5 Å². The minimum atomic E-state index is 0.752. The standard InChI is InChI=1S/C36H48N2/c1-5-7-9-11-27(3)25-29-13-17-31(18-14-29)33-21-23-35(37-33)36-24-22-34(38-36)32-19-15-30(16-20-32)26-28(4)12-10-8-6-2/h13-24,27-28,37-38H,5-12,25-26H2,1-4H3. The van der Waals surface area contributed by atoms with Crippen LogP contribution in [0.2, 0.25) is 0 Å². The van der Waals surface area contributed by atoms with Crippen LogP contribution in [0.15, 0.2) is 72.8 Å². The molecule has 0 amide bonds. The van der Waals surface area contributed by atoms with Gasteiger partial charge in [-0.15, -0.1) is 0 Å². The second-order valence-electron chi connectivity index (χ2n) is 11.6. The zero-order chi connectivity index (χ0) is 26.7. The summed E-state index contributed by atoms with van der Waals surface area (Å²) in [4.78, 5) is 7.25. The van der Waals surface area contributed by atoms with Crippen molar-refractivity contribution in [3.8, 4) is 33.9 Å². The van der Waals surface area contributed by atoms with Crippen LogP contribution in [-0.4, -0.2) is 9.97 Å². The van der Waals surface area contributed by atoms with E-state index in [-0.39, 0.29) is 0 Å². The SMILES string of the molecule is CCCCCC(C)Cc1ccc(-c2ccc(-c3ccc(-c4ccc(CC(C)CCCCC)cc4)[nH]3)[nH]2)cc1. The molecule has 2 unspecified atom stereocenters. The largest absolute Gasteiger partial charge is 0.353 e. The molecule has 4 rings (SSSR count). The lowest BCUT2D eigenvalue weighted by Gasteiger charge is -2.11. The molecule has 38 heavy (non-hydrogen) atoms. The highest BCUT2D eigenvalue weighted by Gasteiger charge is 2.10. The first-order chi connectivity index (χ1) is 18.6. The van der Waals surface area contributed by atoms with Gasteiger partial charge < -0.3 is 9.97 Å². The van der Waals surface area contributed by atoms with Crippen LogP contribution in [0.4, 0.5) is 0 Å². The van der Waals surface area contributed by atoms with Crippen LogP contribution in [0.3, 0.4) is 0 Å². The van der Waals surface area contributed by atoms with Crippen molar-refractivity contribution in [1.29, 1.82) is 0 Å². The second-order valence-corrected chi connectivity index (χ2v) is 11.6. The van der Waals surface area contributed by atoms with Crippen LogP contribution in [0.5, 0.6) is 0 Å². The number of unbranched alkanes of at least 4 members (excludes halogenated alkanes) is 4. The summed E-state index contributed by atoms with van der Waals surface area (Å²) in [5.74, 6) is 1.50. The molecule has 2 nitrogen and oxygen atoms in total. The number of hydrogen-bond donors (Lipinski definition) is 2. The van der Waals surface area contributed by atoms with Gasteiger partial charge in [0.15, 0.2) is 0 Å². The fourth-order valence-electron chi connectivity index (χ4n) is 5.58. The van der Waals surface area contributed by atoms with Crippen LogP contribution in [0.1, 0.15) is 90.2 Å². The number of nitrogens with one attached hydrogen (secondary N) is 2. The smallest absolute Gasteiger partial charge is 0.0624 e. The molecule has 0 saturated carbocycles. The van der Waals surface area contributed by atoms with E-state index in [1.54, 1.807) is 0 Å². The lowest BCUT2D eigenvalue weighted by Crippen LogP contribution is -1.99. The fraction of sp³-hybridized carbons (Fsp3) is 0.444. The highest BCUT2D eigenvalue weighted by molar-refractivity contribution is 5.70. The molecule has 0 fully saturated rings. The molecule has 2 aromatic carbocycles. The van der Waals surface area contributed by atoms with Crippen molar-refractivity contribution in [2.24, 2.45) is 11.8 Å². The first-order valence-corrected chi connectivity index (χ1v) is 15.1. The third-order valence-corrected chi connectivity index (χ3v) is 7.96. The monoisotopic (exact) mass is 508 g/mol. The van der Waals surface area contributed by atoms with Gasteiger partial charge in [0.1, 0.15) is 0 Å². The summed E-state index contributed by atoms with van der Waals surface area (Å²) in [5.41, 5.74) is 9.93. The van der Waals surface area contributed by atoms with E-state index < -0.39 is 0 Å². The van der Waals surface area contributed by atoms with Crippen molar-refractivity contribution in [3.63, 3.8) is 0 Å². The summed E-state index contributed by atoms with van der Waals surface area (Å²) in [6, 6.07) is 27.0. The average Bonchev–Trinajstić information content (AvgIpc) is 3.60. The predicted octanol–water partition coefficient (Wildman–Crippen LogP) is 10.9. The minimum absolute atomic E-state index is 0.752. The van der Waals surface area contributed by atoms with Crippen molar-refractivity contribution in [1.82, 2.24) is 9.97 Å². The minimum Gasteiger partial charge on any atom is -0.353 e. The highest BCUT2D eigenvalue weighted by atomic mass is 14.8. The van der Waals surface area contributed by atoms with E-state index in [4.69, 9.17) is 0 Å². The summed E-state index contributed by atoms with van der Waals surface area (Å²) in [6.45, 7) is 9.32. The van der Waals surface area contributed by atoms with Gasteiger partial charge in [0.25, 0.3) is 0 Å². The molecule has 2 aromatic heterocycles. The Morgan fingerprint density at radius 3 is 1.21 bits per heavy atom. The van der Waals surface area contributed by atoms with Crippen LogP contribution in [-0.2, 0) is 12.8 Å². The number of rotatable bonds is 15. The first-order valence-electron chi connectivity index (χ1n) is 15.1. The molecule has 0 bridgehead atoms. The Labute approximate surface area is 231 Å². The molecule has 0 radical (unpaired) electrons. The summed E-state index contributed by atoms with van der Waals surface area (Å²) < 4.78 is 0. The van der Waals surface area contributed by atoms with Crippen molar-refractivity contribution < 1.29 is 0 Å². The number of hydrogen-bond acceptors (Lipinski definition) is 0. The molecule has 0 saturated heterocycles. The molecule has 2 N–H and O–H groups in total. The van der Waals surface area contributed by atoms with Gasteiger partial charge in [-0.1, -0.05) is 128 Å². The van der Waals surface area contributed by atoms with E-state index in [0.717, 1.165) is 34.6 Å². The van der Waals surface area contributed by atoms with Crippen molar-refractivity contribution >= 4 is 0 Å². The molecule has 2 atom stereocenters. The quantitative estimate of drug-likeness (QED) is 0.150.